The fourth-order valence-electron chi connectivity index (χ4n) is 3.45. The van der Waals surface area contributed by atoms with Crippen LogP contribution in [0, 0.1) is 0 Å². The first kappa shape index (κ1) is 19.6. The number of benzene rings is 2. The molecule has 0 radical (unpaired) electrons. The van der Waals surface area contributed by atoms with Crippen molar-refractivity contribution in [1.29, 1.82) is 0 Å². The van der Waals surface area contributed by atoms with Crippen LogP contribution in [0.4, 0.5) is 10.5 Å². The van der Waals surface area contributed by atoms with Gasteiger partial charge in [-0.25, -0.2) is 4.79 Å². The summed E-state index contributed by atoms with van der Waals surface area (Å²) in [6.07, 6.45) is -0.294. The Kier molecular flexibility index (Phi) is 5.67. The summed E-state index contributed by atoms with van der Waals surface area (Å²) in [7, 11) is 0. The molecule has 0 aliphatic carbocycles. The molecule has 1 aromatic heterocycles. The molecule has 1 aliphatic heterocycles. The molecule has 2 unspecified atom stereocenters. The highest BCUT2D eigenvalue weighted by Gasteiger charge is 2.38. The molecule has 2 N–H and O–H groups in total. The van der Waals surface area contributed by atoms with Crippen molar-refractivity contribution in [2.45, 2.75) is 31.8 Å². The van der Waals surface area contributed by atoms with Gasteiger partial charge in [0.1, 0.15) is 6.10 Å². The summed E-state index contributed by atoms with van der Waals surface area (Å²) < 4.78 is 11.9. The molecule has 2 amide bonds. The minimum absolute atomic E-state index is 0.287. The van der Waals surface area contributed by atoms with E-state index in [0.29, 0.717) is 6.61 Å². The third-order valence-corrected chi connectivity index (χ3v) is 5.52. The van der Waals surface area contributed by atoms with Crippen molar-refractivity contribution in [2.24, 2.45) is 0 Å². The number of hydrogen-bond donors (Lipinski definition) is 2. The number of thiophene rings is 1. The molecule has 0 saturated carbocycles. The zero-order valence-electron chi connectivity index (χ0n) is 16.4. The van der Waals surface area contributed by atoms with Crippen LogP contribution in [0.5, 0.6) is 0 Å². The third-order valence-electron chi connectivity index (χ3n) is 4.84. The average Bonchev–Trinajstić information content (AvgIpc) is 3.25. The zero-order chi connectivity index (χ0) is 20.3. The van der Waals surface area contributed by atoms with Gasteiger partial charge in [-0.1, -0.05) is 48.5 Å². The fraction of sp³-hybridized carbons (Fsp3) is 0.261. The van der Waals surface area contributed by atoms with Gasteiger partial charge in [0.25, 0.3) is 0 Å². The van der Waals surface area contributed by atoms with E-state index in [-0.39, 0.29) is 18.2 Å². The second-order valence-electron chi connectivity index (χ2n) is 7.42. The van der Waals surface area contributed by atoms with Crippen LogP contribution in [0.3, 0.4) is 0 Å². The molecule has 2 atom stereocenters. The molecular formula is C23H24N2O3S. The molecule has 2 aromatic carbocycles. The highest BCUT2D eigenvalue weighted by Crippen LogP contribution is 2.33. The minimum Gasteiger partial charge on any atom is -0.348 e. The van der Waals surface area contributed by atoms with Crippen LogP contribution in [-0.2, 0) is 9.47 Å². The summed E-state index contributed by atoms with van der Waals surface area (Å²) in [5, 5.41) is 10.1. The number of nitrogens with one attached hydrogen (secondary N) is 2. The summed E-state index contributed by atoms with van der Waals surface area (Å²) in [4.78, 5) is 12.8. The molecule has 3 aromatic rings. The number of urea groups is 1. The third kappa shape index (κ3) is 4.67. The van der Waals surface area contributed by atoms with Crippen LogP contribution in [0.15, 0.2) is 71.4 Å². The standard InChI is InChI=1S/C23H24N2O3S/c1-23(2)27-14-20(21(28-23)16-8-4-3-5-9-16)25-22(26)24-19-11-7-6-10-18(19)17-12-13-29-15-17/h3-13,15,20-21H,14H2,1-2H3,(H2,24,25,26). The zero-order valence-corrected chi connectivity index (χ0v) is 17.2. The van der Waals surface area contributed by atoms with E-state index in [2.05, 4.69) is 16.0 Å². The average molecular weight is 409 g/mol. The normalized spacial score (nSPS) is 20.8. The Bertz CT molecular complexity index is 957. The van der Waals surface area contributed by atoms with E-state index in [1.165, 1.54) is 0 Å². The molecule has 1 fully saturated rings. The quantitative estimate of drug-likeness (QED) is 0.605. The van der Waals surface area contributed by atoms with Crippen LogP contribution in [0.25, 0.3) is 11.1 Å². The van der Waals surface area contributed by atoms with Crippen molar-refractivity contribution in [3.05, 3.63) is 77.0 Å². The van der Waals surface area contributed by atoms with Gasteiger partial charge in [0.2, 0.25) is 0 Å². The molecule has 4 rings (SSSR count). The van der Waals surface area contributed by atoms with Gasteiger partial charge in [0.15, 0.2) is 5.79 Å². The molecule has 1 aliphatic rings. The predicted octanol–water partition coefficient (Wildman–Crippen LogP) is 5.43. The molecule has 0 spiro atoms. The van der Waals surface area contributed by atoms with Gasteiger partial charge in [-0.15, -0.1) is 0 Å². The fourth-order valence-corrected chi connectivity index (χ4v) is 4.10. The molecule has 5 nitrogen and oxygen atoms in total. The number of anilines is 1. The van der Waals surface area contributed by atoms with E-state index >= 15 is 0 Å². The van der Waals surface area contributed by atoms with Crippen molar-refractivity contribution >= 4 is 23.1 Å². The van der Waals surface area contributed by atoms with Crippen LogP contribution >= 0.6 is 11.3 Å². The van der Waals surface area contributed by atoms with E-state index in [1.807, 2.05) is 79.9 Å². The van der Waals surface area contributed by atoms with Crippen LogP contribution in [0.1, 0.15) is 25.5 Å². The van der Waals surface area contributed by atoms with Gasteiger partial charge in [-0.3, -0.25) is 0 Å². The van der Waals surface area contributed by atoms with E-state index in [9.17, 15) is 4.79 Å². The van der Waals surface area contributed by atoms with E-state index in [1.54, 1.807) is 11.3 Å². The Morgan fingerprint density at radius 2 is 1.83 bits per heavy atom. The van der Waals surface area contributed by atoms with Crippen LogP contribution in [0.2, 0.25) is 0 Å². The predicted molar refractivity (Wildman–Crippen MR) is 116 cm³/mol. The molecule has 6 heteroatoms. The van der Waals surface area contributed by atoms with Crippen LogP contribution < -0.4 is 10.6 Å². The molecule has 150 valence electrons. The Balaban J connectivity index is 1.51. The highest BCUT2D eigenvalue weighted by molar-refractivity contribution is 7.08. The summed E-state index contributed by atoms with van der Waals surface area (Å²) in [5.74, 6) is -0.708. The van der Waals surface area contributed by atoms with Crippen molar-refractivity contribution in [1.82, 2.24) is 5.32 Å². The summed E-state index contributed by atoms with van der Waals surface area (Å²) in [6, 6.07) is 19.1. The first-order valence-corrected chi connectivity index (χ1v) is 10.5. The maximum atomic E-state index is 12.8. The number of carbonyl (C=O) groups excluding carboxylic acids is 1. The first-order valence-electron chi connectivity index (χ1n) is 9.58. The monoisotopic (exact) mass is 408 g/mol. The Morgan fingerprint density at radius 3 is 2.59 bits per heavy atom. The van der Waals surface area contributed by atoms with Gasteiger partial charge in [-0.05, 0) is 47.9 Å². The van der Waals surface area contributed by atoms with Gasteiger partial charge >= 0.3 is 6.03 Å². The maximum Gasteiger partial charge on any atom is 0.319 e. The summed E-state index contributed by atoms with van der Waals surface area (Å²) >= 11 is 1.63. The van der Waals surface area contributed by atoms with Gasteiger partial charge in [-0.2, -0.15) is 11.3 Å². The smallest absolute Gasteiger partial charge is 0.319 e. The van der Waals surface area contributed by atoms with Gasteiger partial charge < -0.3 is 20.1 Å². The number of amides is 2. The minimum atomic E-state index is -0.708. The second-order valence-corrected chi connectivity index (χ2v) is 8.20. The topological polar surface area (TPSA) is 59.6 Å². The number of hydrogen-bond acceptors (Lipinski definition) is 4. The number of rotatable bonds is 4. The number of para-hydroxylation sites is 1. The van der Waals surface area contributed by atoms with Crippen molar-refractivity contribution in [3.8, 4) is 11.1 Å². The van der Waals surface area contributed by atoms with Crippen molar-refractivity contribution < 1.29 is 14.3 Å². The lowest BCUT2D eigenvalue weighted by Gasteiger charge is -2.41. The lowest BCUT2D eigenvalue weighted by molar-refractivity contribution is -0.284. The van der Waals surface area contributed by atoms with E-state index < -0.39 is 5.79 Å². The Hall–Kier alpha value is -2.67. The lowest BCUT2D eigenvalue weighted by Crippen LogP contribution is -2.52. The van der Waals surface area contributed by atoms with Gasteiger partial charge in [0, 0.05) is 5.56 Å². The van der Waals surface area contributed by atoms with Crippen molar-refractivity contribution in [2.75, 3.05) is 11.9 Å². The summed E-state index contributed by atoms with van der Waals surface area (Å²) in [5.41, 5.74) is 3.84. The van der Waals surface area contributed by atoms with Crippen molar-refractivity contribution in [3.63, 3.8) is 0 Å². The van der Waals surface area contributed by atoms with Gasteiger partial charge in [0.05, 0.1) is 18.3 Å². The maximum absolute atomic E-state index is 12.8. The number of carbonyl (C=O) groups is 1. The molecule has 2 heterocycles. The highest BCUT2D eigenvalue weighted by atomic mass is 32.1. The molecule has 1 saturated heterocycles. The molecule has 0 bridgehead atoms. The Morgan fingerprint density at radius 1 is 1.07 bits per heavy atom. The number of ether oxygens (including phenoxy) is 2. The lowest BCUT2D eigenvalue weighted by atomic mass is 10.0. The second kappa shape index (κ2) is 8.37. The van der Waals surface area contributed by atoms with Crippen LogP contribution in [-0.4, -0.2) is 24.5 Å². The molecule has 29 heavy (non-hydrogen) atoms. The largest absolute Gasteiger partial charge is 0.348 e. The van der Waals surface area contributed by atoms with E-state index in [4.69, 9.17) is 9.47 Å². The molecular weight excluding hydrogens is 384 g/mol. The Labute approximate surface area is 174 Å². The summed E-state index contributed by atoms with van der Waals surface area (Å²) in [6.45, 7) is 4.14. The van der Waals surface area contributed by atoms with E-state index in [0.717, 1.165) is 22.4 Å². The SMILES string of the molecule is CC1(C)OCC(NC(=O)Nc2ccccc2-c2ccsc2)C(c2ccccc2)O1. The first-order chi connectivity index (χ1) is 14.0.